The van der Waals surface area contributed by atoms with Crippen molar-refractivity contribution in [3.05, 3.63) is 41.5 Å². The van der Waals surface area contributed by atoms with E-state index in [2.05, 4.69) is 18.9 Å². The molecule has 2 N–H and O–H groups in total. The number of hydrogen-bond acceptors (Lipinski definition) is 3. The van der Waals surface area contributed by atoms with Gasteiger partial charge in [0.05, 0.1) is 29.8 Å². The van der Waals surface area contributed by atoms with Crippen molar-refractivity contribution in [2.24, 2.45) is 5.92 Å². The van der Waals surface area contributed by atoms with E-state index in [1.807, 2.05) is 11.6 Å². The minimum Gasteiger partial charge on any atom is -0.396 e. The van der Waals surface area contributed by atoms with Crippen molar-refractivity contribution < 1.29 is 9.18 Å². The second kappa shape index (κ2) is 7.26. The molecule has 1 amide bonds. The lowest BCUT2D eigenvalue weighted by Crippen LogP contribution is -2.22. The summed E-state index contributed by atoms with van der Waals surface area (Å²) in [5.74, 6) is -0.0174. The minimum atomic E-state index is -0.473. The Morgan fingerprint density at radius 1 is 1.43 bits per heavy atom. The largest absolute Gasteiger partial charge is 0.396 e. The molecule has 124 valence electrons. The van der Waals surface area contributed by atoms with Crippen LogP contribution in [0.1, 0.15) is 32.0 Å². The first kappa shape index (κ1) is 17.0. The molecule has 1 aromatic carbocycles. The fourth-order valence-corrected chi connectivity index (χ4v) is 2.59. The number of hydrogen-bond donors (Lipinski definition) is 1. The Morgan fingerprint density at radius 2 is 2.17 bits per heavy atom. The molecule has 2 aromatic rings. The van der Waals surface area contributed by atoms with Crippen LogP contribution in [-0.2, 0) is 24.3 Å². The van der Waals surface area contributed by atoms with Gasteiger partial charge in [-0.1, -0.05) is 32.9 Å². The maximum atomic E-state index is 13.6. The third-order valence-corrected chi connectivity index (χ3v) is 3.72. The normalized spacial score (nSPS) is 11.0. The van der Waals surface area contributed by atoms with Crippen molar-refractivity contribution in [3.8, 4) is 0 Å². The molecule has 0 bridgehead atoms. The van der Waals surface area contributed by atoms with Crippen molar-refractivity contribution in [1.82, 2.24) is 9.78 Å². The second-order valence-electron chi connectivity index (χ2n) is 5.95. The van der Waals surface area contributed by atoms with Gasteiger partial charge in [-0.25, -0.2) is 4.39 Å². The fraction of sp³-hybridized carbons (Fsp3) is 0.412. The molecule has 0 atom stereocenters. The van der Waals surface area contributed by atoms with E-state index in [-0.39, 0.29) is 12.2 Å². The predicted molar refractivity (Wildman–Crippen MR) is 89.5 cm³/mol. The van der Waals surface area contributed by atoms with E-state index in [0.717, 1.165) is 30.8 Å². The number of nitrogen functional groups attached to an aromatic ring is 1. The van der Waals surface area contributed by atoms with Crippen LogP contribution in [-0.4, -0.2) is 16.2 Å². The van der Waals surface area contributed by atoms with Crippen molar-refractivity contribution >= 4 is 17.8 Å². The molecular weight excluding hydrogens is 295 g/mol. The van der Waals surface area contributed by atoms with E-state index in [9.17, 15) is 9.18 Å². The summed E-state index contributed by atoms with van der Waals surface area (Å²) in [6, 6.07) is 4.62. The van der Waals surface area contributed by atoms with E-state index in [1.165, 1.54) is 11.0 Å². The smallest absolute Gasteiger partial charge is 0.214 e. The lowest BCUT2D eigenvalue weighted by atomic mass is 10.1. The van der Waals surface area contributed by atoms with Crippen LogP contribution >= 0.6 is 0 Å². The van der Waals surface area contributed by atoms with Crippen LogP contribution < -0.4 is 10.6 Å². The molecule has 0 fully saturated rings. The van der Waals surface area contributed by atoms with Gasteiger partial charge in [0.25, 0.3) is 0 Å². The third-order valence-electron chi connectivity index (χ3n) is 3.72. The van der Waals surface area contributed by atoms with Crippen molar-refractivity contribution in [2.75, 3.05) is 10.6 Å². The molecule has 1 heterocycles. The van der Waals surface area contributed by atoms with Crippen LogP contribution in [0.15, 0.2) is 24.4 Å². The summed E-state index contributed by atoms with van der Waals surface area (Å²) in [5.41, 5.74) is 8.15. The Morgan fingerprint density at radius 3 is 2.78 bits per heavy atom. The number of amides is 1. The highest BCUT2D eigenvalue weighted by Gasteiger charge is 2.17. The number of anilines is 2. The van der Waals surface area contributed by atoms with Crippen molar-refractivity contribution in [3.63, 3.8) is 0 Å². The molecule has 0 saturated heterocycles. The van der Waals surface area contributed by atoms with Gasteiger partial charge in [0.2, 0.25) is 6.41 Å². The third kappa shape index (κ3) is 3.70. The lowest BCUT2D eigenvalue weighted by molar-refractivity contribution is -0.107. The standard InChI is InChI=1S/C17H23FN4O/c1-4-15-16(8-20-22(15)9-12(2)3)21(11-23)10-13-6-5-7-14(18)17(13)19/h5-8,11-12H,4,9-10,19H2,1-3H3. The van der Waals surface area contributed by atoms with Gasteiger partial charge in [-0.2, -0.15) is 5.10 Å². The summed E-state index contributed by atoms with van der Waals surface area (Å²) >= 11 is 0. The molecule has 23 heavy (non-hydrogen) atoms. The molecular formula is C17H23FN4O. The number of halogens is 1. The van der Waals surface area contributed by atoms with Crippen LogP contribution in [0.25, 0.3) is 0 Å². The van der Waals surface area contributed by atoms with Crippen LogP contribution in [0.4, 0.5) is 15.8 Å². The van der Waals surface area contributed by atoms with Crippen LogP contribution in [0, 0.1) is 11.7 Å². The number of para-hydroxylation sites is 1. The molecule has 0 aliphatic carbocycles. The molecule has 5 nitrogen and oxygen atoms in total. The number of nitrogens with two attached hydrogens (primary N) is 1. The summed E-state index contributed by atoms with van der Waals surface area (Å²) in [7, 11) is 0. The molecule has 0 aliphatic rings. The van der Waals surface area contributed by atoms with E-state index in [4.69, 9.17) is 5.73 Å². The van der Waals surface area contributed by atoms with E-state index in [0.29, 0.717) is 11.5 Å². The fourth-order valence-electron chi connectivity index (χ4n) is 2.59. The lowest BCUT2D eigenvalue weighted by Gasteiger charge is -2.19. The Kier molecular flexibility index (Phi) is 5.36. The Bertz CT molecular complexity index is 681. The first-order valence-corrected chi connectivity index (χ1v) is 7.77. The van der Waals surface area contributed by atoms with Crippen LogP contribution in [0.3, 0.4) is 0 Å². The molecule has 0 aliphatic heterocycles. The van der Waals surface area contributed by atoms with E-state index >= 15 is 0 Å². The first-order chi connectivity index (χ1) is 11.0. The SMILES string of the molecule is CCc1c(N(C=O)Cc2cccc(F)c2N)cnn1CC(C)C. The van der Waals surface area contributed by atoms with Gasteiger partial charge in [0.1, 0.15) is 5.82 Å². The zero-order chi connectivity index (χ0) is 17.0. The highest BCUT2D eigenvalue weighted by Crippen LogP contribution is 2.25. The topological polar surface area (TPSA) is 64.2 Å². The zero-order valence-electron chi connectivity index (χ0n) is 13.8. The predicted octanol–water partition coefficient (Wildman–Crippen LogP) is 2.99. The first-order valence-electron chi connectivity index (χ1n) is 7.77. The number of carbonyl (C=O) groups excluding carboxylic acids is 1. The van der Waals surface area contributed by atoms with E-state index in [1.54, 1.807) is 18.3 Å². The van der Waals surface area contributed by atoms with Gasteiger partial charge in [0.15, 0.2) is 0 Å². The van der Waals surface area contributed by atoms with Gasteiger partial charge in [-0.05, 0) is 24.0 Å². The Balaban J connectivity index is 2.32. The van der Waals surface area contributed by atoms with Crippen LogP contribution in [0.5, 0.6) is 0 Å². The second-order valence-corrected chi connectivity index (χ2v) is 5.95. The maximum Gasteiger partial charge on any atom is 0.214 e. The van der Waals surface area contributed by atoms with Gasteiger partial charge < -0.3 is 10.6 Å². The number of carbonyl (C=O) groups is 1. The molecule has 0 spiro atoms. The highest BCUT2D eigenvalue weighted by atomic mass is 19.1. The van der Waals surface area contributed by atoms with Gasteiger partial charge in [0, 0.05) is 6.54 Å². The molecule has 0 radical (unpaired) electrons. The molecule has 6 heteroatoms. The zero-order valence-corrected chi connectivity index (χ0v) is 13.8. The number of aromatic nitrogens is 2. The number of benzene rings is 1. The molecule has 2 rings (SSSR count). The van der Waals surface area contributed by atoms with Crippen molar-refractivity contribution in [1.29, 1.82) is 0 Å². The van der Waals surface area contributed by atoms with Gasteiger partial charge >= 0.3 is 0 Å². The average Bonchev–Trinajstić information content (AvgIpc) is 2.90. The Hall–Kier alpha value is -2.37. The summed E-state index contributed by atoms with van der Waals surface area (Å²) in [6.45, 7) is 7.26. The quantitative estimate of drug-likeness (QED) is 0.630. The van der Waals surface area contributed by atoms with Crippen LogP contribution in [0.2, 0.25) is 0 Å². The summed E-state index contributed by atoms with van der Waals surface area (Å²) in [6.07, 6.45) is 3.18. The average molecular weight is 318 g/mol. The van der Waals surface area contributed by atoms with Gasteiger partial charge in [-0.3, -0.25) is 9.48 Å². The van der Waals surface area contributed by atoms with Crippen molar-refractivity contribution in [2.45, 2.75) is 40.3 Å². The Labute approximate surface area is 135 Å². The molecule has 0 saturated carbocycles. The summed E-state index contributed by atoms with van der Waals surface area (Å²) < 4.78 is 15.5. The monoisotopic (exact) mass is 318 g/mol. The molecule has 1 aromatic heterocycles. The maximum absolute atomic E-state index is 13.6. The highest BCUT2D eigenvalue weighted by molar-refractivity contribution is 5.76. The minimum absolute atomic E-state index is 0.0759. The summed E-state index contributed by atoms with van der Waals surface area (Å²) in [5, 5.41) is 4.39. The summed E-state index contributed by atoms with van der Waals surface area (Å²) in [4.78, 5) is 13.1. The van der Waals surface area contributed by atoms with E-state index < -0.39 is 5.82 Å². The number of nitrogens with zero attached hydrogens (tertiary/aromatic N) is 3. The number of rotatable bonds is 7. The van der Waals surface area contributed by atoms with Gasteiger partial charge in [-0.15, -0.1) is 0 Å². The molecule has 0 unspecified atom stereocenters.